The highest BCUT2D eigenvalue weighted by molar-refractivity contribution is 7.99. The normalized spacial score (nSPS) is 12.7. The molecule has 34 heavy (non-hydrogen) atoms. The number of carbonyl (C=O) groups excluding carboxylic acids is 1. The predicted molar refractivity (Wildman–Crippen MR) is 119 cm³/mol. The van der Waals surface area contributed by atoms with Gasteiger partial charge >= 0.3 is 6.18 Å². The van der Waals surface area contributed by atoms with Crippen molar-refractivity contribution in [1.82, 2.24) is 20.5 Å². The molecular weight excluding hydrogens is 472 g/mol. The van der Waals surface area contributed by atoms with Crippen LogP contribution >= 0.6 is 11.8 Å². The number of carbonyl (C=O) groups is 1. The van der Waals surface area contributed by atoms with Gasteiger partial charge in [-0.1, -0.05) is 42.1 Å². The van der Waals surface area contributed by atoms with E-state index in [4.69, 9.17) is 4.42 Å². The second-order valence-corrected chi connectivity index (χ2v) is 8.54. The maximum Gasteiger partial charge on any atom is 0.416 e. The fourth-order valence-electron chi connectivity index (χ4n) is 3.51. The van der Waals surface area contributed by atoms with E-state index in [0.717, 1.165) is 40.4 Å². The number of amides is 1. The molecule has 4 aromatic rings. The first kappa shape index (κ1) is 23.8. The number of alkyl halides is 4. The van der Waals surface area contributed by atoms with Gasteiger partial charge in [-0.2, -0.15) is 13.2 Å². The van der Waals surface area contributed by atoms with Crippen molar-refractivity contribution in [2.75, 3.05) is 12.4 Å². The minimum atomic E-state index is -4.44. The van der Waals surface area contributed by atoms with Gasteiger partial charge in [0.1, 0.15) is 6.04 Å². The highest BCUT2D eigenvalue weighted by atomic mass is 32.2. The maximum absolute atomic E-state index is 12.8. The Balaban J connectivity index is 1.52. The standard InChI is InChI=1S/C23H20F4N4O2S/c24-9-10-34-22-31-30-21(33-22)19(12-15-13-28-18-4-2-1-3-17(15)18)29-20(32)11-14-5-7-16(8-6-14)23(25,26)27/h1-8,13,19,28H,9-12H2,(H,29,32). The molecule has 0 aliphatic heterocycles. The number of fused-ring (bicyclic) bond motifs is 1. The predicted octanol–water partition coefficient (Wildman–Crippen LogP) is 5.27. The van der Waals surface area contributed by atoms with E-state index in [1.54, 1.807) is 0 Å². The smallest absolute Gasteiger partial charge is 0.414 e. The quantitative estimate of drug-likeness (QED) is 0.246. The molecule has 0 saturated heterocycles. The Bertz CT molecular complexity index is 1250. The van der Waals surface area contributed by atoms with E-state index in [1.165, 1.54) is 12.1 Å². The highest BCUT2D eigenvalue weighted by Crippen LogP contribution is 2.29. The fourth-order valence-corrected chi connectivity index (χ4v) is 4.00. The molecule has 1 amide bonds. The summed E-state index contributed by atoms with van der Waals surface area (Å²) in [4.78, 5) is 15.9. The largest absolute Gasteiger partial charge is 0.416 e. The van der Waals surface area contributed by atoms with Crippen LogP contribution in [-0.4, -0.2) is 33.5 Å². The number of para-hydroxylation sites is 1. The molecule has 1 unspecified atom stereocenters. The lowest BCUT2D eigenvalue weighted by Gasteiger charge is -2.15. The summed E-state index contributed by atoms with van der Waals surface area (Å²) in [6, 6.07) is 11.4. The number of hydrogen-bond acceptors (Lipinski definition) is 5. The fraction of sp³-hybridized carbons (Fsp3) is 0.261. The van der Waals surface area contributed by atoms with Crippen LogP contribution in [0.2, 0.25) is 0 Å². The Hall–Kier alpha value is -3.34. The van der Waals surface area contributed by atoms with Crippen molar-refractivity contribution >= 4 is 28.6 Å². The molecular formula is C23H20F4N4O2S. The van der Waals surface area contributed by atoms with Crippen molar-refractivity contribution < 1.29 is 26.8 Å². The van der Waals surface area contributed by atoms with Gasteiger partial charge in [0.15, 0.2) is 0 Å². The lowest BCUT2D eigenvalue weighted by molar-refractivity contribution is -0.137. The zero-order chi connectivity index (χ0) is 24.1. The second kappa shape index (κ2) is 10.3. The van der Waals surface area contributed by atoms with Crippen molar-refractivity contribution in [2.24, 2.45) is 0 Å². The van der Waals surface area contributed by atoms with Crippen LogP contribution in [0.25, 0.3) is 10.9 Å². The third kappa shape index (κ3) is 5.77. The SMILES string of the molecule is O=C(Cc1ccc(C(F)(F)F)cc1)NC(Cc1c[nH]c2ccccc12)c1nnc(SCCF)o1. The van der Waals surface area contributed by atoms with Gasteiger partial charge in [0.25, 0.3) is 5.22 Å². The Labute approximate surface area is 196 Å². The van der Waals surface area contributed by atoms with Crippen LogP contribution in [0.5, 0.6) is 0 Å². The van der Waals surface area contributed by atoms with Gasteiger partial charge in [-0.3, -0.25) is 9.18 Å². The number of hydrogen-bond donors (Lipinski definition) is 2. The lowest BCUT2D eigenvalue weighted by atomic mass is 10.0. The molecule has 0 spiro atoms. The number of aromatic amines is 1. The molecule has 11 heteroatoms. The van der Waals surface area contributed by atoms with E-state index < -0.39 is 30.4 Å². The Morgan fingerprint density at radius 3 is 2.62 bits per heavy atom. The summed E-state index contributed by atoms with van der Waals surface area (Å²) in [6.45, 7) is -0.551. The molecule has 2 aromatic carbocycles. The Kier molecular flexibility index (Phi) is 7.20. The minimum absolute atomic E-state index is 0.125. The van der Waals surface area contributed by atoms with Gasteiger partial charge in [0, 0.05) is 29.3 Å². The molecule has 6 nitrogen and oxygen atoms in total. The molecule has 4 rings (SSSR count). The van der Waals surface area contributed by atoms with Crippen LogP contribution in [0, 0.1) is 0 Å². The highest BCUT2D eigenvalue weighted by Gasteiger charge is 2.30. The van der Waals surface area contributed by atoms with Gasteiger partial charge in [-0.15, -0.1) is 10.2 Å². The topological polar surface area (TPSA) is 83.8 Å². The second-order valence-electron chi connectivity index (χ2n) is 7.50. The van der Waals surface area contributed by atoms with Gasteiger partial charge in [0.2, 0.25) is 11.8 Å². The van der Waals surface area contributed by atoms with Crippen LogP contribution in [0.3, 0.4) is 0 Å². The Morgan fingerprint density at radius 2 is 1.88 bits per heavy atom. The average molecular weight is 492 g/mol. The zero-order valence-electron chi connectivity index (χ0n) is 17.7. The van der Waals surface area contributed by atoms with E-state index >= 15 is 0 Å². The van der Waals surface area contributed by atoms with E-state index in [1.807, 2.05) is 30.5 Å². The summed E-state index contributed by atoms with van der Waals surface area (Å²) in [5.41, 5.74) is 1.49. The van der Waals surface area contributed by atoms with Crippen molar-refractivity contribution in [2.45, 2.75) is 30.3 Å². The number of rotatable bonds is 9. The third-order valence-corrected chi connectivity index (χ3v) is 5.87. The monoisotopic (exact) mass is 492 g/mol. The number of H-pyrrole nitrogens is 1. The number of benzene rings is 2. The molecule has 0 bridgehead atoms. The van der Waals surface area contributed by atoms with E-state index in [9.17, 15) is 22.4 Å². The molecule has 0 saturated carbocycles. The van der Waals surface area contributed by atoms with Gasteiger partial charge in [-0.05, 0) is 29.3 Å². The van der Waals surface area contributed by atoms with Crippen LogP contribution < -0.4 is 5.32 Å². The van der Waals surface area contributed by atoms with E-state index in [-0.39, 0.29) is 23.3 Å². The minimum Gasteiger partial charge on any atom is -0.414 e. The van der Waals surface area contributed by atoms with Crippen LogP contribution in [-0.2, 0) is 23.8 Å². The van der Waals surface area contributed by atoms with E-state index in [0.29, 0.717) is 12.0 Å². The summed E-state index contributed by atoms with van der Waals surface area (Å²) < 4.78 is 56.5. The van der Waals surface area contributed by atoms with Crippen LogP contribution in [0.1, 0.15) is 28.6 Å². The van der Waals surface area contributed by atoms with E-state index in [2.05, 4.69) is 20.5 Å². The first-order valence-corrected chi connectivity index (χ1v) is 11.3. The number of halogens is 4. The lowest BCUT2D eigenvalue weighted by Crippen LogP contribution is -2.31. The molecule has 0 radical (unpaired) electrons. The molecule has 2 aromatic heterocycles. The summed E-state index contributed by atoms with van der Waals surface area (Å²) in [6.07, 6.45) is -2.41. The first-order chi connectivity index (χ1) is 16.3. The van der Waals surface area contributed by atoms with Crippen LogP contribution in [0.15, 0.2) is 64.4 Å². The zero-order valence-corrected chi connectivity index (χ0v) is 18.5. The van der Waals surface area contributed by atoms with Crippen LogP contribution in [0.4, 0.5) is 17.6 Å². The Morgan fingerprint density at radius 1 is 1.12 bits per heavy atom. The van der Waals surface area contributed by atoms with Crippen molar-refractivity contribution in [3.05, 3.63) is 77.3 Å². The van der Waals surface area contributed by atoms with Gasteiger partial charge in [0.05, 0.1) is 18.7 Å². The molecule has 2 N–H and O–H groups in total. The third-order valence-electron chi connectivity index (χ3n) is 5.10. The van der Waals surface area contributed by atoms with Crippen molar-refractivity contribution in [3.8, 4) is 0 Å². The molecule has 1 atom stereocenters. The first-order valence-electron chi connectivity index (χ1n) is 10.4. The molecule has 2 heterocycles. The number of nitrogens with zero attached hydrogens (tertiary/aromatic N) is 2. The summed E-state index contributed by atoms with van der Waals surface area (Å²) in [5, 5.41) is 11.9. The average Bonchev–Trinajstić information content (AvgIpc) is 3.44. The van der Waals surface area contributed by atoms with Crippen molar-refractivity contribution in [3.63, 3.8) is 0 Å². The maximum atomic E-state index is 12.8. The summed E-state index contributed by atoms with van der Waals surface area (Å²) >= 11 is 1.07. The number of thioether (sulfide) groups is 1. The number of nitrogens with one attached hydrogen (secondary N) is 2. The van der Waals surface area contributed by atoms with Gasteiger partial charge < -0.3 is 14.7 Å². The number of aromatic nitrogens is 3. The molecule has 0 aliphatic rings. The molecule has 0 aliphatic carbocycles. The molecule has 0 fully saturated rings. The van der Waals surface area contributed by atoms with Crippen molar-refractivity contribution in [1.29, 1.82) is 0 Å². The summed E-state index contributed by atoms with van der Waals surface area (Å²) in [7, 11) is 0. The molecule has 178 valence electrons. The summed E-state index contributed by atoms with van der Waals surface area (Å²) in [5.74, 6) is -0.0946. The van der Waals surface area contributed by atoms with Gasteiger partial charge in [-0.25, -0.2) is 0 Å².